The van der Waals surface area contributed by atoms with Gasteiger partial charge in [0.05, 0.1) is 17.6 Å². The lowest BCUT2D eigenvalue weighted by molar-refractivity contribution is 0.807. The van der Waals surface area contributed by atoms with Gasteiger partial charge >= 0.3 is 0 Å². The molecular formula is C12H13N3O. The Kier molecular flexibility index (Phi) is 2.48. The Morgan fingerprint density at radius 1 is 1.12 bits per heavy atom. The van der Waals surface area contributed by atoms with Crippen molar-refractivity contribution in [2.45, 2.75) is 13.8 Å². The minimum atomic E-state index is -0.218. The molecule has 0 fully saturated rings. The molecule has 0 saturated carbocycles. The smallest absolute Gasteiger partial charge is 0.273 e. The largest absolute Gasteiger partial charge is 0.397 e. The van der Waals surface area contributed by atoms with Crippen LogP contribution >= 0.6 is 0 Å². The van der Waals surface area contributed by atoms with Gasteiger partial charge in [0.1, 0.15) is 0 Å². The quantitative estimate of drug-likeness (QED) is 0.782. The molecule has 0 aliphatic heterocycles. The molecule has 1 aromatic heterocycles. The molecule has 0 saturated heterocycles. The molecule has 1 heterocycles. The van der Waals surface area contributed by atoms with Crippen molar-refractivity contribution < 1.29 is 0 Å². The van der Waals surface area contributed by atoms with Gasteiger partial charge in [-0.1, -0.05) is 6.07 Å². The number of benzene rings is 1. The first-order chi connectivity index (χ1) is 7.56. The van der Waals surface area contributed by atoms with E-state index in [9.17, 15) is 4.79 Å². The molecule has 4 nitrogen and oxygen atoms in total. The summed E-state index contributed by atoms with van der Waals surface area (Å²) in [6.07, 6.45) is 1.47. The fourth-order valence-electron chi connectivity index (χ4n) is 1.69. The number of nitrogen functional groups attached to an aromatic ring is 1. The van der Waals surface area contributed by atoms with Crippen LogP contribution in [0.4, 0.5) is 5.69 Å². The molecule has 2 aromatic rings. The third-order valence-corrected chi connectivity index (χ3v) is 2.27. The Labute approximate surface area is 93.3 Å². The lowest BCUT2D eigenvalue weighted by Gasteiger charge is -2.06. The van der Waals surface area contributed by atoms with Crippen LogP contribution in [0.3, 0.4) is 0 Å². The minimum Gasteiger partial charge on any atom is -0.397 e. The van der Waals surface area contributed by atoms with Gasteiger partial charge in [-0.15, -0.1) is 0 Å². The summed E-state index contributed by atoms with van der Waals surface area (Å²) < 4.78 is 1.34. The van der Waals surface area contributed by atoms with Gasteiger partial charge < -0.3 is 5.73 Å². The highest BCUT2D eigenvalue weighted by Gasteiger charge is 2.02. The number of aromatic nitrogens is 2. The molecular weight excluding hydrogens is 202 g/mol. The second-order valence-electron chi connectivity index (χ2n) is 3.88. The van der Waals surface area contributed by atoms with Crippen molar-refractivity contribution >= 4 is 5.69 Å². The first-order valence-corrected chi connectivity index (χ1v) is 5.00. The predicted molar refractivity (Wildman–Crippen MR) is 63.7 cm³/mol. The van der Waals surface area contributed by atoms with E-state index in [0.29, 0.717) is 5.69 Å². The number of hydrogen-bond acceptors (Lipinski definition) is 3. The van der Waals surface area contributed by atoms with E-state index in [1.165, 1.54) is 16.9 Å². The van der Waals surface area contributed by atoms with E-state index in [1.807, 2.05) is 32.0 Å². The zero-order valence-corrected chi connectivity index (χ0v) is 9.27. The summed E-state index contributed by atoms with van der Waals surface area (Å²) in [6, 6.07) is 7.24. The Bertz CT molecular complexity index is 567. The topological polar surface area (TPSA) is 60.9 Å². The fraction of sp³-hybridized carbons (Fsp3) is 0.167. The predicted octanol–water partition coefficient (Wildman–Crippen LogP) is 1.43. The Balaban J connectivity index is 2.63. The highest BCUT2D eigenvalue weighted by atomic mass is 16.1. The summed E-state index contributed by atoms with van der Waals surface area (Å²) in [7, 11) is 0. The van der Waals surface area contributed by atoms with Crippen molar-refractivity contribution in [2.75, 3.05) is 5.73 Å². The van der Waals surface area contributed by atoms with Crippen molar-refractivity contribution in [3.05, 3.63) is 51.9 Å². The molecule has 0 radical (unpaired) electrons. The van der Waals surface area contributed by atoms with Crippen LogP contribution in [0.1, 0.15) is 11.1 Å². The maximum absolute atomic E-state index is 11.7. The second-order valence-corrected chi connectivity index (χ2v) is 3.88. The van der Waals surface area contributed by atoms with Gasteiger partial charge in [0.2, 0.25) is 0 Å². The van der Waals surface area contributed by atoms with Gasteiger partial charge in [-0.25, -0.2) is 0 Å². The van der Waals surface area contributed by atoms with E-state index in [4.69, 9.17) is 5.73 Å². The normalized spacial score (nSPS) is 10.4. The number of nitrogens with zero attached hydrogens (tertiary/aromatic N) is 2. The zero-order valence-electron chi connectivity index (χ0n) is 9.27. The second kappa shape index (κ2) is 3.81. The molecule has 0 spiro atoms. The van der Waals surface area contributed by atoms with E-state index in [-0.39, 0.29) is 5.56 Å². The van der Waals surface area contributed by atoms with Crippen LogP contribution in [0.2, 0.25) is 0 Å². The summed E-state index contributed by atoms with van der Waals surface area (Å²) >= 11 is 0. The maximum Gasteiger partial charge on any atom is 0.273 e. The van der Waals surface area contributed by atoms with Crippen LogP contribution in [0.15, 0.2) is 35.3 Å². The van der Waals surface area contributed by atoms with Crippen molar-refractivity contribution in [1.29, 1.82) is 0 Å². The van der Waals surface area contributed by atoms with Crippen LogP contribution in [-0.4, -0.2) is 9.78 Å². The molecule has 82 valence electrons. The molecule has 4 heteroatoms. The maximum atomic E-state index is 11.7. The number of nitrogens with two attached hydrogens (primary N) is 1. The van der Waals surface area contributed by atoms with Gasteiger partial charge in [0, 0.05) is 6.07 Å². The average molecular weight is 215 g/mol. The molecule has 0 aliphatic carbocycles. The Morgan fingerprint density at radius 3 is 2.31 bits per heavy atom. The molecule has 0 unspecified atom stereocenters. The molecule has 1 aromatic carbocycles. The molecule has 0 aliphatic rings. The number of rotatable bonds is 1. The number of aryl methyl sites for hydroxylation is 2. The average Bonchev–Trinajstić information content (AvgIpc) is 2.15. The monoisotopic (exact) mass is 215 g/mol. The molecule has 0 amide bonds. The molecule has 2 rings (SSSR count). The van der Waals surface area contributed by atoms with Gasteiger partial charge in [-0.3, -0.25) is 4.79 Å². The van der Waals surface area contributed by atoms with E-state index in [1.54, 1.807) is 0 Å². The summed E-state index contributed by atoms with van der Waals surface area (Å²) in [5.74, 6) is 0. The van der Waals surface area contributed by atoms with Crippen molar-refractivity contribution in [3.63, 3.8) is 0 Å². The van der Waals surface area contributed by atoms with Crippen molar-refractivity contribution in [1.82, 2.24) is 9.78 Å². The highest BCUT2D eigenvalue weighted by Crippen LogP contribution is 2.11. The van der Waals surface area contributed by atoms with Gasteiger partial charge in [-0.05, 0) is 37.1 Å². The fourth-order valence-corrected chi connectivity index (χ4v) is 1.69. The molecule has 0 atom stereocenters. The molecule has 0 bridgehead atoms. The van der Waals surface area contributed by atoms with Crippen molar-refractivity contribution in [2.24, 2.45) is 0 Å². The summed E-state index contributed by atoms with van der Waals surface area (Å²) in [5.41, 5.74) is 8.61. The van der Waals surface area contributed by atoms with Crippen molar-refractivity contribution in [3.8, 4) is 5.69 Å². The van der Waals surface area contributed by atoms with Crippen LogP contribution in [0, 0.1) is 13.8 Å². The Hall–Kier alpha value is -2.10. The first-order valence-electron chi connectivity index (χ1n) is 5.00. The van der Waals surface area contributed by atoms with Crippen LogP contribution in [0.25, 0.3) is 5.69 Å². The van der Waals surface area contributed by atoms with Crippen LogP contribution in [-0.2, 0) is 0 Å². The molecule has 2 N–H and O–H groups in total. The molecule has 16 heavy (non-hydrogen) atoms. The Morgan fingerprint density at radius 2 is 1.75 bits per heavy atom. The van der Waals surface area contributed by atoms with Crippen LogP contribution in [0.5, 0.6) is 0 Å². The zero-order chi connectivity index (χ0) is 11.7. The van der Waals surface area contributed by atoms with Gasteiger partial charge in [0.25, 0.3) is 5.56 Å². The lowest BCUT2D eigenvalue weighted by atomic mass is 10.1. The first kappa shape index (κ1) is 10.4. The van der Waals surface area contributed by atoms with E-state index >= 15 is 0 Å². The summed E-state index contributed by atoms with van der Waals surface area (Å²) in [4.78, 5) is 11.7. The van der Waals surface area contributed by atoms with Crippen LogP contribution < -0.4 is 11.3 Å². The lowest BCUT2D eigenvalue weighted by Crippen LogP contribution is -2.20. The standard InChI is InChI=1S/C12H13N3O/c1-8-3-9(2)5-11(4-8)15-12(16)6-10(13)7-14-15/h3-7H,13H2,1-2H3. The van der Waals surface area contributed by atoms with E-state index in [0.717, 1.165) is 16.8 Å². The minimum absolute atomic E-state index is 0.218. The third-order valence-electron chi connectivity index (χ3n) is 2.27. The number of hydrogen-bond donors (Lipinski definition) is 1. The van der Waals surface area contributed by atoms with E-state index < -0.39 is 0 Å². The third kappa shape index (κ3) is 1.95. The number of anilines is 1. The SMILES string of the molecule is Cc1cc(C)cc(-n2ncc(N)cc2=O)c1. The summed E-state index contributed by atoms with van der Waals surface area (Å²) in [6.45, 7) is 3.97. The summed E-state index contributed by atoms with van der Waals surface area (Å²) in [5, 5.41) is 4.01. The van der Waals surface area contributed by atoms with Gasteiger partial charge in [0.15, 0.2) is 0 Å². The highest BCUT2D eigenvalue weighted by molar-refractivity contribution is 5.40. The van der Waals surface area contributed by atoms with E-state index in [2.05, 4.69) is 5.10 Å². The van der Waals surface area contributed by atoms with Gasteiger partial charge in [-0.2, -0.15) is 9.78 Å².